The Morgan fingerprint density at radius 3 is 2.64 bits per heavy atom. The van der Waals surface area contributed by atoms with E-state index in [0.717, 1.165) is 16.0 Å². The second-order valence-corrected chi connectivity index (χ2v) is 7.61. The Bertz CT molecular complexity index is 1110. The van der Waals surface area contributed by atoms with E-state index in [-0.39, 0.29) is 27.1 Å². The first kappa shape index (κ1) is 20.3. The number of nitrogens with zero attached hydrogens (tertiary/aromatic N) is 2. The van der Waals surface area contributed by atoms with Crippen LogP contribution in [0.3, 0.4) is 0 Å². The van der Waals surface area contributed by atoms with Gasteiger partial charge in [0.2, 0.25) is 5.78 Å². The van der Waals surface area contributed by atoms with Crippen LogP contribution < -0.4 is 5.56 Å². The van der Waals surface area contributed by atoms with Crippen molar-refractivity contribution in [3.63, 3.8) is 0 Å². The molecule has 2 heterocycles. The number of carbonyl (C=O) groups excluding carboxylic acids is 2. The molecule has 0 amide bonds. The van der Waals surface area contributed by atoms with Crippen molar-refractivity contribution in [2.45, 2.75) is 13.3 Å². The molecule has 0 bridgehead atoms. The Hall–Kier alpha value is -2.48. The maximum absolute atomic E-state index is 12.5. The molecule has 0 fully saturated rings. The topological polar surface area (TPSA) is 78.3 Å². The third kappa shape index (κ3) is 4.16. The largest absolute Gasteiger partial charge is 0.454 e. The van der Waals surface area contributed by atoms with Crippen LogP contribution in [0.4, 0.5) is 0 Å². The number of aromatic nitrogens is 2. The first-order valence-electron chi connectivity index (χ1n) is 8.24. The number of hydrogen-bond acceptors (Lipinski definition) is 6. The Morgan fingerprint density at radius 2 is 1.93 bits per heavy atom. The highest BCUT2D eigenvalue weighted by Crippen LogP contribution is 2.20. The number of esters is 1. The molecule has 0 saturated heterocycles. The molecule has 0 saturated carbocycles. The number of ketones is 1. The lowest BCUT2D eigenvalue weighted by atomic mass is 10.2. The van der Waals surface area contributed by atoms with Crippen molar-refractivity contribution in [1.82, 2.24) is 9.78 Å². The molecule has 9 heteroatoms. The highest BCUT2D eigenvalue weighted by molar-refractivity contribution is 7.14. The monoisotopic (exact) mass is 436 g/mol. The molecule has 144 valence electrons. The van der Waals surface area contributed by atoms with Gasteiger partial charge in [-0.15, -0.1) is 11.3 Å². The fraction of sp³-hybridized carbons (Fsp3) is 0.158. The molecule has 6 nitrogen and oxygen atoms in total. The van der Waals surface area contributed by atoms with Crippen LogP contribution in [0.1, 0.15) is 31.8 Å². The number of aryl methyl sites for hydroxylation is 1. The smallest absolute Gasteiger partial charge is 0.340 e. The van der Waals surface area contributed by atoms with Gasteiger partial charge in [0.25, 0.3) is 5.56 Å². The van der Waals surface area contributed by atoms with Gasteiger partial charge in [-0.1, -0.05) is 42.3 Å². The zero-order valence-electron chi connectivity index (χ0n) is 14.6. The lowest BCUT2D eigenvalue weighted by Crippen LogP contribution is -2.24. The molecular formula is C19H14Cl2N2O4S. The lowest BCUT2D eigenvalue weighted by molar-refractivity contribution is 0.0475. The van der Waals surface area contributed by atoms with Gasteiger partial charge >= 0.3 is 5.97 Å². The molecule has 0 N–H and O–H groups in total. The van der Waals surface area contributed by atoms with Crippen LogP contribution in [0.15, 0.2) is 47.4 Å². The van der Waals surface area contributed by atoms with Crippen LogP contribution in [0.25, 0.3) is 5.69 Å². The third-order valence-electron chi connectivity index (χ3n) is 3.85. The maximum atomic E-state index is 12.5. The van der Waals surface area contributed by atoms with Crippen LogP contribution in [0.5, 0.6) is 0 Å². The summed E-state index contributed by atoms with van der Waals surface area (Å²) in [5.41, 5.74) is -0.423. The van der Waals surface area contributed by atoms with Crippen molar-refractivity contribution in [3.05, 3.63) is 78.3 Å². The molecule has 0 atom stereocenters. The van der Waals surface area contributed by atoms with E-state index in [9.17, 15) is 14.4 Å². The Kier molecular flexibility index (Phi) is 6.28. The summed E-state index contributed by atoms with van der Waals surface area (Å²) in [5, 5.41) is 3.72. The van der Waals surface area contributed by atoms with Crippen LogP contribution in [-0.4, -0.2) is 28.1 Å². The Morgan fingerprint density at radius 1 is 1.18 bits per heavy atom. The molecule has 0 radical (unpaired) electrons. The van der Waals surface area contributed by atoms with E-state index >= 15 is 0 Å². The average molecular weight is 437 g/mol. The highest BCUT2D eigenvalue weighted by Gasteiger charge is 2.19. The quantitative estimate of drug-likeness (QED) is 0.427. The number of thiophene rings is 1. The van der Waals surface area contributed by atoms with Gasteiger partial charge in [0.15, 0.2) is 6.61 Å². The van der Waals surface area contributed by atoms with E-state index in [2.05, 4.69) is 5.10 Å². The van der Waals surface area contributed by atoms with Gasteiger partial charge in [-0.3, -0.25) is 9.59 Å². The van der Waals surface area contributed by atoms with Crippen LogP contribution in [-0.2, 0) is 11.2 Å². The number of ether oxygens (including phenoxy) is 1. The minimum atomic E-state index is -0.754. The second-order valence-electron chi connectivity index (χ2n) is 5.66. The van der Waals surface area contributed by atoms with Gasteiger partial charge in [0.05, 0.1) is 27.3 Å². The lowest BCUT2D eigenvalue weighted by Gasteiger charge is -2.10. The van der Waals surface area contributed by atoms with Crippen molar-refractivity contribution < 1.29 is 14.3 Å². The summed E-state index contributed by atoms with van der Waals surface area (Å²) in [7, 11) is 0. The SMILES string of the molecule is CCc1ccc(C(=O)COC(=O)c2ccccc2-n2ncc(Cl)c(Cl)c2=O)s1. The summed E-state index contributed by atoms with van der Waals surface area (Å²) in [4.78, 5) is 38.7. The minimum Gasteiger partial charge on any atom is -0.454 e. The van der Waals surface area contributed by atoms with E-state index in [1.807, 2.05) is 13.0 Å². The third-order valence-corrected chi connectivity index (χ3v) is 5.87. The zero-order chi connectivity index (χ0) is 20.3. The van der Waals surface area contributed by atoms with Crippen molar-refractivity contribution in [2.24, 2.45) is 0 Å². The van der Waals surface area contributed by atoms with Crippen molar-refractivity contribution >= 4 is 46.3 Å². The minimum absolute atomic E-state index is 0.0102. The normalized spacial score (nSPS) is 10.7. The molecule has 3 rings (SSSR count). The van der Waals surface area contributed by atoms with Crippen molar-refractivity contribution in [1.29, 1.82) is 0 Å². The summed E-state index contributed by atoms with van der Waals surface area (Å²) < 4.78 is 6.12. The molecule has 0 aliphatic rings. The number of hydrogen-bond donors (Lipinski definition) is 0. The van der Waals surface area contributed by atoms with E-state index in [4.69, 9.17) is 27.9 Å². The van der Waals surface area contributed by atoms with Gasteiger partial charge in [-0.05, 0) is 30.7 Å². The molecule has 0 spiro atoms. The van der Waals surface area contributed by atoms with E-state index in [1.54, 1.807) is 18.2 Å². The van der Waals surface area contributed by atoms with Gasteiger partial charge in [-0.2, -0.15) is 9.78 Å². The average Bonchev–Trinajstić information content (AvgIpc) is 3.19. The van der Waals surface area contributed by atoms with Gasteiger partial charge < -0.3 is 4.74 Å². The predicted octanol–water partition coefficient (Wildman–Crippen LogP) is 4.20. The molecular weight excluding hydrogens is 423 g/mol. The van der Waals surface area contributed by atoms with Gasteiger partial charge in [-0.25, -0.2) is 4.79 Å². The number of para-hydroxylation sites is 1. The fourth-order valence-electron chi connectivity index (χ4n) is 2.41. The standard InChI is InChI=1S/C19H14Cl2N2O4S/c1-2-11-7-8-16(28-11)15(24)10-27-19(26)12-5-3-4-6-14(12)23-18(25)17(21)13(20)9-22-23/h3-9H,2,10H2,1H3. The molecule has 0 aliphatic carbocycles. The zero-order valence-corrected chi connectivity index (χ0v) is 17.0. The van der Waals surface area contributed by atoms with Crippen molar-refractivity contribution in [2.75, 3.05) is 6.61 Å². The molecule has 0 aliphatic heterocycles. The first-order chi connectivity index (χ1) is 13.4. The highest BCUT2D eigenvalue weighted by atomic mass is 35.5. The van der Waals surface area contributed by atoms with Crippen LogP contribution in [0, 0.1) is 0 Å². The van der Waals surface area contributed by atoms with E-state index in [1.165, 1.54) is 29.7 Å². The molecule has 1 aromatic carbocycles. The Labute approximate surface area is 174 Å². The summed E-state index contributed by atoms with van der Waals surface area (Å²) in [5.74, 6) is -1.05. The molecule has 28 heavy (non-hydrogen) atoms. The number of halogens is 2. The molecule has 2 aromatic heterocycles. The predicted molar refractivity (Wildman–Crippen MR) is 108 cm³/mol. The van der Waals surface area contributed by atoms with Gasteiger partial charge in [0, 0.05) is 4.88 Å². The first-order valence-corrected chi connectivity index (χ1v) is 9.81. The van der Waals surface area contributed by atoms with E-state index in [0.29, 0.717) is 4.88 Å². The fourth-order valence-corrected chi connectivity index (χ4v) is 3.54. The number of carbonyl (C=O) groups is 2. The number of rotatable bonds is 6. The second kappa shape index (κ2) is 8.68. The van der Waals surface area contributed by atoms with Gasteiger partial charge in [0.1, 0.15) is 5.02 Å². The maximum Gasteiger partial charge on any atom is 0.340 e. The van der Waals surface area contributed by atoms with Crippen LogP contribution in [0.2, 0.25) is 10.0 Å². The summed E-state index contributed by atoms with van der Waals surface area (Å²) >= 11 is 13.0. The van der Waals surface area contributed by atoms with E-state index < -0.39 is 18.1 Å². The summed E-state index contributed by atoms with van der Waals surface area (Å²) in [6.45, 7) is 1.59. The Balaban J connectivity index is 1.83. The van der Waals surface area contributed by atoms with Crippen LogP contribution >= 0.6 is 34.5 Å². The molecule has 3 aromatic rings. The summed E-state index contributed by atoms with van der Waals surface area (Å²) in [6.07, 6.45) is 2.04. The number of Topliss-reactive ketones (excluding diaryl/α,β-unsaturated/α-hetero) is 1. The number of benzene rings is 1. The van der Waals surface area contributed by atoms with Crippen molar-refractivity contribution in [3.8, 4) is 5.69 Å². The summed E-state index contributed by atoms with van der Waals surface area (Å²) in [6, 6.07) is 9.82. The molecule has 0 unspecified atom stereocenters.